The maximum atomic E-state index is 12.2. The highest BCUT2D eigenvalue weighted by molar-refractivity contribution is 7.80. The first-order valence-electron chi connectivity index (χ1n) is 5.68. The van der Waals surface area contributed by atoms with E-state index in [0.29, 0.717) is 17.1 Å². The summed E-state index contributed by atoms with van der Waals surface area (Å²) in [6.07, 6.45) is 0.549. The van der Waals surface area contributed by atoms with Crippen molar-refractivity contribution in [1.82, 2.24) is 0 Å². The Balaban J connectivity index is 2.93. The van der Waals surface area contributed by atoms with Gasteiger partial charge in [-0.25, -0.2) is 0 Å². The second-order valence-electron chi connectivity index (χ2n) is 4.47. The topological polar surface area (TPSA) is 55.1 Å². The average Bonchev–Trinajstić information content (AvgIpc) is 2.32. The van der Waals surface area contributed by atoms with Crippen LogP contribution in [0, 0.1) is 12.3 Å². The van der Waals surface area contributed by atoms with Gasteiger partial charge in [-0.15, -0.1) is 0 Å². The van der Waals surface area contributed by atoms with Crippen LogP contribution in [0.15, 0.2) is 18.2 Å². The predicted octanol–water partition coefficient (Wildman–Crippen LogP) is 3.29. The Bertz CT molecular complexity index is 490. The van der Waals surface area contributed by atoms with Crippen molar-refractivity contribution < 1.29 is 4.79 Å². The van der Waals surface area contributed by atoms with Crippen molar-refractivity contribution in [2.45, 2.75) is 27.2 Å². The molecule has 0 radical (unpaired) electrons. The molecule has 0 heterocycles. The Morgan fingerprint density at radius 3 is 2.61 bits per heavy atom. The summed E-state index contributed by atoms with van der Waals surface area (Å²) in [5, 5.41) is 3.40. The number of halogens is 1. The number of benzene rings is 1. The molecule has 1 aromatic carbocycles. The van der Waals surface area contributed by atoms with Gasteiger partial charge in [0.15, 0.2) is 0 Å². The fourth-order valence-electron chi connectivity index (χ4n) is 1.39. The molecular formula is C13H17ClN2OS. The maximum absolute atomic E-state index is 12.2. The summed E-state index contributed by atoms with van der Waals surface area (Å²) in [6, 6.07) is 5.36. The fourth-order valence-corrected chi connectivity index (χ4v) is 1.80. The van der Waals surface area contributed by atoms with E-state index in [1.54, 1.807) is 19.1 Å². The molecule has 1 rings (SSSR count). The van der Waals surface area contributed by atoms with Crippen LogP contribution in [0.3, 0.4) is 0 Å². The maximum Gasteiger partial charge on any atom is 0.237 e. The monoisotopic (exact) mass is 284 g/mol. The number of aryl methyl sites for hydroxylation is 1. The standard InChI is InChI=1S/C13H17ClN2OS/c1-4-13(3,11(15)18)12(17)16-9-6-5-8(2)10(14)7-9/h5-7H,4H2,1-3H3,(H2,15,18)(H,16,17). The lowest BCUT2D eigenvalue weighted by Gasteiger charge is -2.25. The first-order valence-corrected chi connectivity index (χ1v) is 6.47. The molecule has 1 unspecified atom stereocenters. The molecule has 0 aromatic heterocycles. The lowest BCUT2D eigenvalue weighted by molar-refractivity contribution is -0.121. The lowest BCUT2D eigenvalue weighted by Crippen LogP contribution is -2.43. The molecule has 0 saturated heterocycles. The van der Waals surface area contributed by atoms with Crippen LogP contribution < -0.4 is 11.1 Å². The number of amides is 1. The highest BCUT2D eigenvalue weighted by Gasteiger charge is 2.34. The van der Waals surface area contributed by atoms with Crippen LogP contribution in [0.2, 0.25) is 5.02 Å². The van der Waals surface area contributed by atoms with Crippen molar-refractivity contribution in [3.05, 3.63) is 28.8 Å². The molecule has 5 heteroatoms. The molecule has 3 N–H and O–H groups in total. The molecule has 1 amide bonds. The van der Waals surface area contributed by atoms with E-state index in [1.165, 1.54) is 0 Å². The third kappa shape index (κ3) is 3.00. The third-order valence-electron chi connectivity index (χ3n) is 3.18. The van der Waals surface area contributed by atoms with Gasteiger partial charge in [0.05, 0.1) is 10.4 Å². The van der Waals surface area contributed by atoms with Crippen LogP contribution in [-0.2, 0) is 4.79 Å². The van der Waals surface area contributed by atoms with Crippen molar-refractivity contribution in [3.8, 4) is 0 Å². The van der Waals surface area contributed by atoms with E-state index in [9.17, 15) is 4.79 Å². The van der Waals surface area contributed by atoms with Crippen LogP contribution in [0.25, 0.3) is 0 Å². The van der Waals surface area contributed by atoms with Crippen LogP contribution >= 0.6 is 23.8 Å². The second-order valence-corrected chi connectivity index (χ2v) is 5.32. The minimum absolute atomic E-state index is 0.195. The van der Waals surface area contributed by atoms with Crippen LogP contribution in [0.5, 0.6) is 0 Å². The minimum atomic E-state index is -0.841. The zero-order chi connectivity index (χ0) is 13.9. The Morgan fingerprint density at radius 2 is 2.17 bits per heavy atom. The van der Waals surface area contributed by atoms with Crippen LogP contribution in [0.4, 0.5) is 5.69 Å². The van der Waals surface area contributed by atoms with Crippen molar-refractivity contribution >= 4 is 40.4 Å². The Morgan fingerprint density at radius 1 is 1.56 bits per heavy atom. The highest BCUT2D eigenvalue weighted by atomic mass is 35.5. The Kier molecular flexibility index (Phi) is 4.71. The van der Waals surface area contributed by atoms with Gasteiger partial charge in [-0.2, -0.15) is 0 Å². The highest BCUT2D eigenvalue weighted by Crippen LogP contribution is 2.26. The Hall–Kier alpha value is -1.13. The fraction of sp³-hybridized carbons (Fsp3) is 0.385. The van der Waals surface area contributed by atoms with Gasteiger partial charge in [0, 0.05) is 10.7 Å². The van der Waals surface area contributed by atoms with Crippen LogP contribution in [-0.4, -0.2) is 10.9 Å². The number of nitrogens with two attached hydrogens (primary N) is 1. The van der Waals surface area contributed by atoms with E-state index >= 15 is 0 Å². The number of nitrogens with one attached hydrogen (secondary N) is 1. The number of hydrogen-bond acceptors (Lipinski definition) is 2. The Labute approximate surface area is 118 Å². The van der Waals surface area contributed by atoms with Gasteiger partial charge in [-0.05, 0) is 38.0 Å². The van der Waals surface area contributed by atoms with Crippen molar-refractivity contribution in [3.63, 3.8) is 0 Å². The van der Waals surface area contributed by atoms with E-state index in [1.807, 2.05) is 19.9 Å². The lowest BCUT2D eigenvalue weighted by atomic mass is 9.86. The van der Waals surface area contributed by atoms with Gasteiger partial charge in [0.25, 0.3) is 0 Å². The SMILES string of the molecule is CCC(C)(C(=O)Nc1ccc(C)c(Cl)c1)C(N)=S. The average molecular weight is 285 g/mol. The van der Waals surface area contributed by atoms with E-state index in [-0.39, 0.29) is 10.9 Å². The first kappa shape index (κ1) is 14.9. The predicted molar refractivity (Wildman–Crippen MR) is 80.0 cm³/mol. The molecular weight excluding hydrogens is 268 g/mol. The normalized spacial score (nSPS) is 13.8. The van der Waals surface area contributed by atoms with Gasteiger partial charge >= 0.3 is 0 Å². The van der Waals surface area contributed by atoms with Crippen molar-refractivity contribution in [1.29, 1.82) is 0 Å². The molecule has 1 atom stereocenters. The first-order chi connectivity index (χ1) is 8.31. The number of hydrogen-bond donors (Lipinski definition) is 2. The smallest absolute Gasteiger partial charge is 0.237 e. The van der Waals surface area contributed by atoms with E-state index in [2.05, 4.69) is 5.32 Å². The summed E-state index contributed by atoms with van der Waals surface area (Å²) in [4.78, 5) is 12.4. The number of thiocarbonyl (C=S) groups is 1. The summed E-state index contributed by atoms with van der Waals surface area (Å²) in [5.74, 6) is -0.211. The number of rotatable bonds is 4. The molecule has 18 heavy (non-hydrogen) atoms. The van der Waals surface area contributed by atoms with Gasteiger partial charge in [-0.1, -0.05) is 36.8 Å². The molecule has 0 spiro atoms. The molecule has 0 aliphatic carbocycles. The number of carbonyl (C=O) groups is 1. The number of carbonyl (C=O) groups excluding carboxylic acids is 1. The number of anilines is 1. The van der Waals surface area contributed by atoms with Gasteiger partial charge < -0.3 is 11.1 Å². The molecule has 3 nitrogen and oxygen atoms in total. The molecule has 1 aromatic rings. The molecule has 98 valence electrons. The molecule has 0 fully saturated rings. The summed E-state index contributed by atoms with van der Waals surface area (Å²) in [5.41, 5.74) is 6.40. The second kappa shape index (κ2) is 5.67. The van der Waals surface area contributed by atoms with Gasteiger partial charge in [0.1, 0.15) is 0 Å². The van der Waals surface area contributed by atoms with Crippen LogP contribution in [0.1, 0.15) is 25.8 Å². The largest absolute Gasteiger partial charge is 0.392 e. The van der Waals surface area contributed by atoms with Gasteiger partial charge in [0.2, 0.25) is 5.91 Å². The summed E-state index contributed by atoms with van der Waals surface area (Å²) < 4.78 is 0. The van der Waals surface area contributed by atoms with Crippen molar-refractivity contribution in [2.24, 2.45) is 11.1 Å². The molecule has 0 saturated carbocycles. The zero-order valence-corrected chi connectivity index (χ0v) is 12.3. The van der Waals surface area contributed by atoms with Gasteiger partial charge in [-0.3, -0.25) is 4.79 Å². The zero-order valence-electron chi connectivity index (χ0n) is 10.7. The minimum Gasteiger partial charge on any atom is -0.392 e. The molecule has 0 bridgehead atoms. The summed E-state index contributed by atoms with van der Waals surface area (Å²) >= 11 is 11.0. The van der Waals surface area contributed by atoms with E-state index in [4.69, 9.17) is 29.6 Å². The third-order valence-corrected chi connectivity index (χ3v) is 4.04. The van der Waals surface area contributed by atoms with Crippen molar-refractivity contribution in [2.75, 3.05) is 5.32 Å². The summed E-state index contributed by atoms with van der Waals surface area (Å²) in [6.45, 7) is 5.51. The van der Waals surface area contributed by atoms with E-state index < -0.39 is 5.41 Å². The molecule has 0 aliphatic rings. The van der Waals surface area contributed by atoms with E-state index in [0.717, 1.165) is 5.56 Å². The molecule has 0 aliphatic heterocycles. The summed E-state index contributed by atoms with van der Waals surface area (Å²) in [7, 11) is 0. The quantitative estimate of drug-likeness (QED) is 0.834.